The van der Waals surface area contributed by atoms with Gasteiger partial charge >= 0.3 is 35.6 Å². The Morgan fingerprint density at radius 1 is 1.09 bits per heavy atom. The summed E-state index contributed by atoms with van der Waals surface area (Å²) in [6, 6.07) is 5.14. The SMILES string of the molecule is Cc1ccc(S(=O)(=O)N2C(=O)N(CS(=O)(=O)[O-])CCC2c2cc(Cl)c(O)cc2O)cc1.[Na+]. The van der Waals surface area contributed by atoms with Crippen LogP contribution in [0.2, 0.25) is 5.02 Å². The van der Waals surface area contributed by atoms with Crippen molar-refractivity contribution in [3.63, 3.8) is 0 Å². The predicted octanol–water partition coefficient (Wildman–Crippen LogP) is -0.876. The maximum atomic E-state index is 13.4. The molecule has 0 spiro atoms. The molecule has 0 aliphatic carbocycles. The molecule has 2 amide bonds. The van der Waals surface area contributed by atoms with Gasteiger partial charge in [0, 0.05) is 18.2 Å². The fraction of sp³-hybridized carbons (Fsp3) is 0.278. The summed E-state index contributed by atoms with van der Waals surface area (Å²) in [5.41, 5.74) is 0.707. The number of rotatable bonds is 5. The van der Waals surface area contributed by atoms with Gasteiger partial charge in [-0.25, -0.2) is 25.9 Å². The quantitative estimate of drug-likeness (QED) is 0.386. The molecule has 1 aliphatic heterocycles. The molecule has 14 heteroatoms. The van der Waals surface area contributed by atoms with Gasteiger partial charge in [0.2, 0.25) is 0 Å². The van der Waals surface area contributed by atoms with E-state index in [1.54, 1.807) is 6.92 Å². The van der Waals surface area contributed by atoms with E-state index in [-0.39, 0.29) is 58.0 Å². The third-order valence-electron chi connectivity index (χ3n) is 4.76. The minimum atomic E-state index is -4.87. The molecule has 1 saturated heterocycles. The average molecular weight is 513 g/mol. The van der Waals surface area contributed by atoms with E-state index in [2.05, 4.69) is 0 Å². The standard InChI is InChI=1S/C18H19ClN2O8S2.Na/c1-11-2-4-12(5-3-11)31(28,29)21-15(13-8-14(19)17(23)9-16(13)22)6-7-20(18(21)24)10-30(25,26)27;/h2-5,8-9,15,22-23H,6-7,10H2,1H3,(H,25,26,27);/q;+1/p-1. The van der Waals surface area contributed by atoms with Crippen molar-refractivity contribution in [2.75, 3.05) is 12.4 Å². The number of hydrogen-bond donors (Lipinski definition) is 2. The van der Waals surface area contributed by atoms with E-state index in [0.717, 1.165) is 17.7 Å². The Bertz CT molecular complexity index is 1240. The summed E-state index contributed by atoms with van der Waals surface area (Å²) in [5.74, 6) is -2.16. The van der Waals surface area contributed by atoms with E-state index < -0.39 is 49.6 Å². The molecule has 0 saturated carbocycles. The molecule has 2 N–H and O–H groups in total. The van der Waals surface area contributed by atoms with Gasteiger partial charge < -0.3 is 19.7 Å². The Morgan fingerprint density at radius 3 is 2.25 bits per heavy atom. The average Bonchev–Trinajstić information content (AvgIpc) is 2.65. The van der Waals surface area contributed by atoms with E-state index in [9.17, 15) is 36.4 Å². The summed E-state index contributed by atoms with van der Waals surface area (Å²) in [6.07, 6.45) is -0.138. The van der Waals surface area contributed by atoms with E-state index in [4.69, 9.17) is 11.6 Å². The van der Waals surface area contributed by atoms with Crippen molar-refractivity contribution in [1.82, 2.24) is 9.21 Å². The summed E-state index contributed by atoms with van der Waals surface area (Å²) in [7, 11) is -9.39. The summed E-state index contributed by atoms with van der Waals surface area (Å²) in [4.78, 5) is 13.4. The van der Waals surface area contributed by atoms with Crippen LogP contribution in [0.3, 0.4) is 0 Å². The van der Waals surface area contributed by atoms with E-state index in [1.165, 1.54) is 24.3 Å². The number of phenolic OH excluding ortho intramolecular Hbond substituents is 2. The van der Waals surface area contributed by atoms with Gasteiger partial charge in [-0.3, -0.25) is 0 Å². The molecular weight excluding hydrogens is 495 g/mol. The summed E-state index contributed by atoms with van der Waals surface area (Å²) < 4.78 is 60.7. The number of carbonyl (C=O) groups is 1. The number of phenols is 2. The van der Waals surface area contributed by atoms with Crippen LogP contribution in [0.4, 0.5) is 4.79 Å². The first-order chi connectivity index (χ1) is 14.3. The third kappa shape index (κ3) is 5.50. The van der Waals surface area contributed by atoms with Crippen LogP contribution in [0.25, 0.3) is 0 Å². The largest absolute Gasteiger partial charge is 1.00 e. The van der Waals surface area contributed by atoms with Gasteiger partial charge in [-0.15, -0.1) is 0 Å². The summed E-state index contributed by atoms with van der Waals surface area (Å²) >= 11 is 5.91. The number of amides is 2. The van der Waals surface area contributed by atoms with Gasteiger partial charge in [0.05, 0.1) is 16.0 Å². The van der Waals surface area contributed by atoms with Crippen LogP contribution in [0.5, 0.6) is 11.5 Å². The molecule has 1 heterocycles. The Morgan fingerprint density at radius 2 is 1.69 bits per heavy atom. The second kappa shape index (κ2) is 9.75. The van der Waals surface area contributed by atoms with Crippen molar-refractivity contribution in [2.24, 2.45) is 0 Å². The normalized spacial score (nSPS) is 17.2. The first-order valence-electron chi connectivity index (χ1n) is 8.86. The smallest absolute Gasteiger partial charge is 0.747 e. The molecule has 32 heavy (non-hydrogen) atoms. The maximum absolute atomic E-state index is 13.4. The van der Waals surface area contributed by atoms with Crippen LogP contribution in [0, 0.1) is 6.92 Å². The fourth-order valence-corrected chi connectivity index (χ4v) is 5.66. The van der Waals surface area contributed by atoms with Crippen molar-refractivity contribution >= 4 is 37.8 Å². The van der Waals surface area contributed by atoms with Crippen LogP contribution >= 0.6 is 11.6 Å². The maximum Gasteiger partial charge on any atom is 1.00 e. The van der Waals surface area contributed by atoms with Crippen LogP contribution in [-0.2, 0) is 20.1 Å². The monoisotopic (exact) mass is 512 g/mol. The number of sulfonamides is 1. The van der Waals surface area contributed by atoms with E-state index in [0.29, 0.717) is 9.21 Å². The summed E-state index contributed by atoms with van der Waals surface area (Å²) in [6.45, 7) is 1.48. The Hall–Kier alpha value is -1.54. The minimum Gasteiger partial charge on any atom is -0.747 e. The molecule has 1 unspecified atom stereocenters. The van der Waals surface area contributed by atoms with Gasteiger partial charge in [0.1, 0.15) is 27.5 Å². The molecule has 168 valence electrons. The molecule has 10 nitrogen and oxygen atoms in total. The molecule has 2 aromatic rings. The Balaban J connectivity index is 0.00000363. The van der Waals surface area contributed by atoms with E-state index in [1.807, 2.05) is 0 Å². The molecule has 3 rings (SSSR count). The van der Waals surface area contributed by atoms with Gasteiger partial charge in [-0.1, -0.05) is 29.3 Å². The molecule has 2 aromatic carbocycles. The van der Waals surface area contributed by atoms with Crippen molar-refractivity contribution in [1.29, 1.82) is 0 Å². The second-order valence-electron chi connectivity index (χ2n) is 7.01. The van der Waals surface area contributed by atoms with Crippen molar-refractivity contribution in [3.8, 4) is 11.5 Å². The zero-order chi connectivity index (χ0) is 23.1. The molecule has 0 bridgehead atoms. The molecule has 0 aromatic heterocycles. The first-order valence-corrected chi connectivity index (χ1v) is 12.3. The Labute approximate surface area is 212 Å². The second-order valence-corrected chi connectivity index (χ2v) is 10.6. The van der Waals surface area contributed by atoms with Gasteiger partial charge in [-0.05, 0) is 31.5 Å². The molecule has 1 atom stereocenters. The zero-order valence-electron chi connectivity index (χ0n) is 17.1. The van der Waals surface area contributed by atoms with Crippen molar-refractivity contribution < 1.29 is 66.0 Å². The molecular formula is C18H18ClN2NaO8S2. The van der Waals surface area contributed by atoms with Crippen LogP contribution in [0.15, 0.2) is 41.3 Å². The van der Waals surface area contributed by atoms with Crippen LogP contribution in [-0.4, -0.2) is 59.3 Å². The van der Waals surface area contributed by atoms with Crippen molar-refractivity contribution in [2.45, 2.75) is 24.3 Å². The number of nitrogens with zero attached hydrogens (tertiary/aromatic N) is 2. The molecule has 0 radical (unpaired) electrons. The third-order valence-corrected chi connectivity index (χ3v) is 7.49. The van der Waals surface area contributed by atoms with Crippen molar-refractivity contribution in [3.05, 3.63) is 52.5 Å². The number of benzene rings is 2. The topological polar surface area (TPSA) is 155 Å². The number of urea groups is 1. The number of aryl methyl sites for hydroxylation is 1. The molecule has 1 aliphatic rings. The Kier molecular flexibility index (Phi) is 8.14. The minimum absolute atomic E-state index is 0. The van der Waals surface area contributed by atoms with Gasteiger partial charge in [-0.2, -0.15) is 0 Å². The summed E-state index contributed by atoms with van der Waals surface area (Å²) in [5, 5.41) is 19.8. The zero-order valence-corrected chi connectivity index (χ0v) is 21.5. The first kappa shape index (κ1) is 26.7. The number of hydrogen-bond acceptors (Lipinski definition) is 8. The predicted molar refractivity (Wildman–Crippen MR) is 109 cm³/mol. The molecule has 1 fully saturated rings. The number of halogens is 1. The van der Waals surface area contributed by atoms with Gasteiger partial charge in [0.25, 0.3) is 10.0 Å². The number of carbonyl (C=O) groups excluding carboxylic acids is 1. The van der Waals surface area contributed by atoms with Crippen LogP contribution < -0.4 is 29.6 Å². The van der Waals surface area contributed by atoms with E-state index >= 15 is 0 Å². The number of aromatic hydroxyl groups is 2. The van der Waals surface area contributed by atoms with Crippen LogP contribution in [0.1, 0.15) is 23.6 Å². The fourth-order valence-electron chi connectivity index (χ4n) is 3.28. The van der Waals surface area contributed by atoms with Gasteiger partial charge in [0.15, 0.2) is 0 Å².